The van der Waals surface area contributed by atoms with Gasteiger partial charge >= 0.3 is 0 Å². The van der Waals surface area contributed by atoms with Crippen molar-refractivity contribution in [3.63, 3.8) is 0 Å². The predicted octanol–water partition coefficient (Wildman–Crippen LogP) is 10.5. The molecule has 1 heterocycles. The number of benzene rings is 7. The first kappa shape index (κ1) is 31.2. The molecular formula is C47H38N4. The van der Waals surface area contributed by atoms with E-state index in [0.29, 0.717) is 0 Å². The Bertz CT molecular complexity index is 2400. The number of rotatable bonds is 5. The van der Waals surface area contributed by atoms with Gasteiger partial charge in [0.2, 0.25) is 0 Å². The van der Waals surface area contributed by atoms with Crippen LogP contribution in [0, 0.1) is 11.3 Å². The van der Waals surface area contributed by atoms with E-state index in [1.165, 1.54) is 60.8 Å². The Labute approximate surface area is 299 Å². The van der Waals surface area contributed by atoms with Crippen molar-refractivity contribution in [1.29, 1.82) is 5.26 Å². The molecule has 9 rings (SSSR count). The van der Waals surface area contributed by atoms with E-state index in [1.54, 1.807) is 0 Å². The van der Waals surface area contributed by atoms with Crippen LogP contribution in [0.25, 0.3) is 44.2 Å². The number of fused-ring (bicyclic) bond motifs is 4. The van der Waals surface area contributed by atoms with Gasteiger partial charge in [0.25, 0.3) is 0 Å². The third-order valence-corrected chi connectivity index (χ3v) is 10.9. The molecule has 1 saturated heterocycles. The topological polar surface area (TPSA) is 59.9 Å². The van der Waals surface area contributed by atoms with E-state index in [2.05, 4.69) is 181 Å². The Morgan fingerprint density at radius 1 is 0.510 bits per heavy atom. The lowest BCUT2D eigenvalue weighted by Gasteiger charge is -2.40. The number of nitrogens with one attached hydrogen (secondary N) is 3. The van der Waals surface area contributed by atoms with Crippen molar-refractivity contribution in [1.82, 2.24) is 16.0 Å². The molecule has 246 valence electrons. The monoisotopic (exact) mass is 658 g/mol. The van der Waals surface area contributed by atoms with Crippen molar-refractivity contribution in [2.45, 2.75) is 37.8 Å². The van der Waals surface area contributed by atoms with Gasteiger partial charge in [0.05, 0.1) is 30.1 Å². The molecule has 4 heteroatoms. The van der Waals surface area contributed by atoms with Crippen LogP contribution in [0.5, 0.6) is 0 Å². The number of nitrogens with zero attached hydrogens (tertiary/aromatic N) is 1. The van der Waals surface area contributed by atoms with E-state index in [0.717, 1.165) is 16.7 Å². The van der Waals surface area contributed by atoms with Crippen LogP contribution in [0.15, 0.2) is 158 Å². The van der Waals surface area contributed by atoms with E-state index >= 15 is 0 Å². The van der Waals surface area contributed by atoms with Gasteiger partial charge in [-0.3, -0.25) is 16.0 Å². The Kier molecular flexibility index (Phi) is 7.64. The molecule has 1 fully saturated rings. The van der Waals surface area contributed by atoms with Crippen LogP contribution in [-0.4, -0.2) is 0 Å². The van der Waals surface area contributed by atoms with Crippen molar-refractivity contribution >= 4 is 10.8 Å². The summed E-state index contributed by atoms with van der Waals surface area (Å²) in [5.74, 6) is 0. The summed E-state index contributed by atoms with van der Waals surface area (Å²) in [6.45, 7) is 4.53. The zero-order chi connectivity index (χ0) is 34.5. The fraction of sp³-hybridized carbons (Fsp3) is 0.128. The first-order valence-corrected chi connectivity index (χ1v) is 17.7. The van der Waals surface area contributed by atoms with E-state index in [4.69, 9.17) is 0 Å². The van der Waals surface area contributed by atoms with Gasteiger partial charge in [0, 0.05) is 11.0 Å². The first-order chi connectivity index (χ1) is 25.0. The SMILES string of the molecule is CC1(C)c2cc(-c3ccc(-c4c(C5NC(c6ccccc6)NC(c6ccccc6)N5)ccc5ccccc45)cc3)ccc2-c2c(C#N)cccc21. The molecule has 0 saturated carbocycles. The molecule has 4 nitrogen and oxygen atoms in total. The fourth-order valence-corrected chi connectivity index (χ4v) is 8.24. The van der Waals surface area contributed by atoms with Gasteiger partial charge in [0.15, 0.2) is 0 Å². The molecule has 0 bridgehead atoms. The van der Waals surface area contributed by atoms with Crippen molar-refractivity contribution in [3.8, 4) is 39.4 Å². The molecular weight excluding hydrogens is 621 g/mol. The summed E-state index contributed by atoms with van der Waals surface area (Å²) >= 11 is 0. The van der Waals surface area contributed by atoms with Crippen molar-refractivity contribution in [2.75, 3.05) is 0 Å². The molecule has 2 aliphatic rings. The zero-order valence-corrected chi connectivity index (χ0v) is 28.7. The maximum absolute atomic E-state index is 9.89. The fourth-order valence-electron chi connectivity index (χ4n) is 8.24. The van der Waals surface area contributed by atoms with Crippen LogP contribution < -0.4 is 16.0 Å². The molecule has 0 aromatic heterocycles. The van der Waals surface area contributed by atoms with Crippen LogP contribution in [0.4, 0.5) is 0 Å². The van der Waals surface area contributed by atoms with Gasteiger partial charge in [-0.25, -0.2) is 0 Å². The average Bonchev–Trinajstić information content (AvgIpc) is 3.43. The molecule has 3 N–H and O–H groups in total. The highest BCUT2D eigenvalue weighted by atomic mass is 15.4. The van der Waals surface area contributed by atoms with Crippen molar-refractivity contribution in [2.24, 2.45) is 0 Å². The van der Waals surface area contributed by atoms with Gasteiger partial charge in [-0.1, -0.05) is 159 Å². The highest BCUT2D eigenvalue weighted by molar-refractivity contribution is 5.99. The van der Waals surface area contributed by atoms with Crippen LogP contribution in [-0.2, 0) is 5.41 Å². The van der Waals surface area contributed by atoms with E-state index < -0.39 is 0 Å². The Balaban J connectivity index is 1.12. The van der Waals surface area contributed by atoms with Gasteiger partial charge < -0.3 is 0 Å². The average molecular weight is 659 g/mol. The van der Waals surface area contributed by atoms with E-state index in [-0.39, 0.29) is 23.9 Å². The lowest BCUT2D eigenvalue weighted by molar-refractivity contribution is 0.203. The molecule has 0 amide bonds. The molecule has 0 spiro atoms. The second kappa shape index (κ2) is 12.5. The van der Waals surface area contributed by atoms with Crippen LogP contribution in [0.3, 0.4) is 0 Å². The van der Waals surface area contributed by atoms with Crippen molar-refractivity contribution in [3.05, 3.63) is 191 Å². The molecule has 7 aromatic carbocycles. The normalized spacial score (nSPS) is 18.9. The zero-order valence-electron chi connectivity index (χ0n) is 28.7. The minimum absolute atomic E-state index is 0.0520. The smallest absolute Gasteiger partial charge is 0.0998 e. The van der Waals surface area contributed by atoms with Gasteiger partial charge in [-0.05, 0) is 78.5 Å². The molecule has 0 radical (unpaired) electrons. The summed E-state index contributed by atoms with van der Waals surface area (Å²) in [5.41, 5.74) is 13.6. The maximum atomic E-state index is 9.89. The third kappa shape index (κ3) is 5.35. The number of hydrogen-bond donors (Lipinski definition) is 3. The third-order valence-electron chi connectivity index (χ3n) is 10.9. The van der Waals surface area contributed by atoms with Gasteiger partial charge in [0.1, 0.15) is 0 Å². The number of nitriles is 1. The van der Waals surface area contributed by atoms with Crippen LogP contribution >= 0.6 is 0 Å². The van der Waals surface area contributed by atoms with Gasteiger partial charge in [-0.2, -0.15) is 5.26 Å². The number of hydrogen-bond acceptors (Lipinski definition) is 4. The minimum Gasteiger partial charge on any atom is -0.279 e. The quantitative estimate of drug-likeness (QED) is 0.172. The second-order valence-electron chi connectivity index (χ2n) is 14.2. The molecule has 51 heavy (non-hydrogen) atoms. The Hall–Kier alpha value is -5.83. The van der Waals surface area contributed by atoms with E-state index in [1.807, 2.05) is 12.1 Å². The summed E-state index contributed by atoms with van der Waals surface area (Å²) in [7, 11) is 0. The Morgan fingerprint density at radius 2 is 1.12 bits per heavy atom. The molecule has 1 aliphatic heterocycles. The van der Waals surface area contributed by atoms with Gasteiger partial charge in [-0.15, -0.1) is 0 Å². The lowest BCUT2D eigenvalue weighted by Crippen LogP contribution is -2.54. The molecule has 2 unspecified atom stereocenters. The summed E-state index contributed by atoms with van der Waals surface area (Å²) in [6.07, 6.45) is -0.229. The molecule has 1 aliphatic carbocycles. The first-order valence-electron chi connectivity index (χ1n) is 17.7. The second-order valence-corrected chi connectivity index (χ2v) is 14.2. The highest BCUT2D eigenvalue weighted by Crippen LogP contribution is 2.51. The Morgan fingerprint density at radius 3 is 1.80 bits per heavy atom. The summed E-state index contributed by atoms with van der Waals surface area (Å²) in [6, 6.07) is 58.7. The largest absolute Gasteiger partial charge is 0.279 e. The molecule has 7 aromatic rings. The minimum atomic E-state index is -0.185. The summed E-state index contributed by atoms with van der Waals surface area (Å²) in [5, 5.41) is 23.9. The predicted molar refractivity (Wildman–Crippen MR) is 208 cm³/mol. The lowest BCUT2D eigenvalue weighted by atomic mass is 9.81. The maximum Gasteiger partial charge on any atom is 0.0998 e. The molecule has 2 atom stereocenters. The summed E-state index contributed by atoms with van der Waals surface area (Å²) in [4.78, 5) is 0. The summed E-state index contributed by atoms with van der Waals surface area (Å²) < 4.78 is 0. The van der Waals surface area contributed by atoms with Crippen LogP contribution in [0.1, 0.15) is 65.7 Å². The van der Waals surface area contributed by atoms with Crippen LogP contribution in [0.2, 0.25) is 0 Å². The van der Waals surface area contributed by atoms with E-state index in [9.17, 15) is 5.26 Å². The standard InChI is InChI=1S/C47H38N4/c1-47(2)40-19-11-17-36(29-48)43(40)38-26-25-35(28-41(38)47)30-20-22-32(23-21-30)42-37-18-10-9-12-31(37)24-27-39(42)46-50-44(33-13-5-3-6-14-33)49-45(51-46)34-15-7-4-8-16-34/h3-28,44-46,49-51H,1-2H3. The highest BCUT2D eigenvalue weighted by Gasteiger charge is 2.37. The van der Waals surface area contributed by atoms with Crippen molar-refractivity contribution < 1.29 is 0 Å².